The summed E-state index contributed by atoms with van der Waals surface area (Å²) in [6.45, 7) is 2.12. The van der Waals surface area contributed by atoms with Gasteiger partial charge in [0.15, 0.2) is 0 Å². The van der Waals surface area contributed by atoms with Crippen molar-refractivity contribution in [2.24, 2.45) is 5.41 Å². The van der Waals surface area contributed by atoms with Crippen LogP contribution in [0.4, 0.5) is 8.78 Å². The molecule has 0 aromatic rings. The lowest BCUT2D eigenvalue weighted by Crippen LogP contribution is -2.24. The fourth-order valence-electron chi connectivity index (χ4n) is 1.32. The zero-order valence-corrected chi connectivity index (χ0v) is 6.62. The van der Waals surface area contributed by atoms with Gasteiger partial charge in [0.1, 0.15) is 0 Å². The fourth-order valence-corrected chi connectivity index (χ4v) is 1.32. The summed E-state index contributed by atoms with van der Waals surface area (Å²) in [4.78, 5) is 1.81. The van der Waals surface area contributed by atoms with Crippen molar-refractivity contribution in [3.8, 4) is 0 Å². The second-order valence-electron chi connectivity index (χ2n) is 3.68. The van der Waals surface area contributed by atoms with Gasteiger partial charge in [0.25, 0.3) is 5.92 Å². The second-order valence-corrected chi connectivity index (χ2v) is 3.68. The third-order valence-electron chi connectivity index (χ3n) is 2.04. The van der Waals surface area contributed by atoms with Gasteiger partial charge in [0.2, 0.25) is 0 Å². The van der Waals surface area contributed by atoms with Crippen LogP contribution in [-0.4, -0.2) is 31.5 Å². The van der Waals surface area contributed by atoms with Gasteiger partial charge in [-0.1, -0.05) is 6.92 Å². The first-order valence-electron chi connectivity index (χ1n) is 3.40. The number of hydrogen-bond donors (Lipinski definition) is 0. The Morgan fingerprint density at radius 3 is 1.90 bits per heavy atom. The molecule has 0 N–H and O–H groups in total. The van der Waals surface area contributed by atoms with Crippen molar-refractivity contribution < 1.29 is 8.78 Å². The van der Waals surface area contributed by atoms with Gasteiger partial charge in [0.05, 0.1) is 0 Å². The number of hydrogen-bond acceptors (Lipinski definition) is 1. The smallest absolute Gasteiger partial charge is 0.255 e. The molecule has 1 nitrogen and oxygen atoms in total. The monoisotopic (exact) mass is 149 g/mol. The molecule has 0 spiro atoms. The summed E-state index contributed by atoms with van der Waals surface area (Å²) >= 11 is 0. The Labute approximate surface area is 60.0 Å². The molecule has 0 aromatic carbocycles. The minimum absolute atomic E-state index is 0.0537. The van der Waals surface area contributed by atoms with Crippen LogP contribution in [0.15, 0.2) is 0 Å². The summed E-state index contributed by atoms with van der Waals surface area (Å²) < 4.78 is 25.0. The van der Waals surface area contributed by atoms with E-state index in [2.05, 4.69) is 0 Å². The fraction of sp³-hybridized carbons (Fsp3) is 1.00. The van der Waals surface area contributed by atoms with Crippen molar-refractivity contribution in [3.05, 3.63) is 0 Å². The molecule has 1 aliphatic carbocycles. The van der Waals surface area contributed by atoms with Crippen LogP contribution >= 0.6 is 0 Å². The molecule has 1 rings (SSSR count). The first kappa shape index (κ1) is 7.92. The van der Waals surface area contributed by atoms with Crippen LogP contribution in [0.2, 0.25) is 0 Å². The zero-order chi connectivity index (χ0) is 7.99. The van der Waals surface area contributed by atoms with Gasteiger partial charge >= 0.3 is 0 Å². The van der Waals surface area contributed by atoms with Crippen LogP contribution in [0.3, 0.4) is 0 Å². The summed E-state index contributed by atoms with van der Waals surface area (Å²) in [5, 5.41) is 0. The zero-order valence-electron chi connectivity index (χ0n) is 6.62. The highest BCUT2D eigenvalue weighted by atomic mass is 19.3. The molecule has 60 valence electrons. The van der Waals surface area contributed by atoms with Gasteiger partial charge in [-0.3, -0.25) is 0 Å². The van der Waals surface area contributed by atoms with Gasteiger partial charge in [-0.25, -0.2) is 8.78 Å². The van der Waals surface area contributed by atoms with Gasteiger partial charge in [-0.2, -0.15) is 0 Å². The standard InChI is InChI=1S/C7H13F2N/c1-6(5-10(2)3)4-7(6,8)9/h4-5H2,1-3H3/t6-/m0/s1. The molecule has 0 aliphatic heterocycles. The Hall–Kier alpha value is -0.180. The Kier molecular flexibility index (Phi) is 1.51. The molecular weight excluding hydrogens is 136 g/mol. The Morgan fingerprint density at radius 2 is 1.80 bits per heavy atom. The van der Waals surface area contributed by atoms with Crippen molar-refractivity contribution in [3.63, 3.8) is 0 Å². The normalized spacial score (nSPS) is 36.6. The highest BCUT2D eigenvalue weighted by molar-refractivity contribution is 5.08. The van der Waals surface area contributed by atoms with Crippen LogP contribution in [0.1, 0.15) is 13.3 Å². The summed E-state index contributed by atoms with van der Waals surface area (Å²) in [5.74, 6) is -2.41. The molecule has 0 amide bonds. The number of nitrogens with zero attached hydrogens (tertiary/aromatic N) is 1. The molecular formula is C7H13F2N. The highest BCUT2D eigenvalue weighted by Crippen LogP contribution is 2.60. The molecule has 0 bridgehead atoms. The first-order chi connectivity index (χ1) is 4.37. The maximum Gasteiger partial charge on any atom is 0.255 e. The molecule has 1 atom stereocenters. The average Bonchev–Trinajstić information content (AvgIpc) is 2.01. The van der Waals surface area contributed by atoms with E-state index < -0.39 is 11.3 Å². The number of halogens is 2. The summed E-state index contributed by atoms with van der Waals surface area (Å²) in [5.41, 5.74) is -0.740. The Bertz CT molecular complexity index is 145. The molecule has 0 radical (unpaired) electrons. The van der Waals surface area contributed by atoms with E-state index in [9.17, 15) is 8.78 Å². The number of rotatable bonds is 2. The molecule has 10 heavy (non-hydrogen) atoms. The van der Waals surface area contributed by atoms with E-state index in [-0.39, 0.29) is 6.42 Å². The maximum absolute atomic E-state index is 12.5. The van der Waals surface area contributed by atoms with E-state index in [1.165, 1.54) is 0 Å². The van der Waals surface area contributed by atoms with Crippen molar-refractivity contribution in [2.75, 3.05) is 20.6 Å². The number of alkyl halides is 2. The molecule has 1 aliphatic rings. The molecule has 0 unspecified atom stereocenters. The minimum atomic E-state index is -2.41. The van der Waals surface area contributed by atoms with Crippen LogP contribution in [-0.2, 0) is 0 Å². The van der Waals surface area contributed by atoms with E-state index in [4.69, 9.17) is 0 Å². The van der Waals surface area contributed by atoms with Gasteiger partial charge in [0, 0.05) is 18.4 Å². The predicted octanol–water partition coefficient (Wildman–Crippen LogP) is 1.59. The lowest BCUT2D eigenvalue weighted by atomic mass is 10.1. The lowest BCUT2D eigenvalue weighted by molar-refractivity contribution is 0.0599. The van der Waals surface area contributed by atoms with Crippen LogP contribution < -0.4 is 0 Å². The van der Waals surface area contributed by atoms with E-state index in [1.54, 1.807) is 11.8 Å². The Balaban J connectivity index is 2.44. The average molecular weight is 149 g/mol. The molecule has 3 heteroatoms. The van der Waals surface area contributed by atoms with E-state index >= 15 is 0 Å². The van der Waals surface area contributed by atoms with E-state index in [0.717, 1.165) is 0 Å². The van der Waals surface area contributed by atoms with Crippen LogP contribution in [0.5, 0.6) is 0 Å². The first-order valence-corrected chi connectivity index (χ1v) is 3.40. The highest BCUT2D eigenvalue weighted by Gasteiger charge is 2.67. The van der Waals surface area contributed by atoms with Gasteiger partial charge < -0.3 is 4.90 Å². The SMILES string of the molecule is CN(C)C[C@]1(C)CC1(F)F. The summed E-state index contributed by atoms with van der Waals surface area (Å²) in [6.07, 6.45) is 0.0537. The minimum Gasteiger partial charge on any atom is -0.309 e. The van der Waals surface area contributed by atoms with Crippen molar-refractivity contribution in [2.45, 2.75) is 19.3 Å². The van der Waals surface area contributed by atoms with Crippen LogP contribution in [0, 0.1) is 5.41 Å². The lowest BCUT2D eigenvalue weighted by Gasteiger charge is -2.15. The molecule has 0 saturated heterocycles. The molecule has 1 fully saturated rings. The topological polar surface area (TPSA) is 3.24 Å². The summed E-state index contributed by atoms with van der Waals surface area (Å²) in [6, 6.07) is 0. The second kappa shape index (κ2) is 1.91. The van der Waals surface area contributed by atoms with Crippen molar-refractivity contribution in [1.29, 1.82) is 0 Å². The third kappa shape index (κ3) is 1.15. The Morgan fingerprint density at radius 1 is 1.40 bits per heavy atom. The van der Waals surface area contributed by atoms with E-state index in [0.29, 0.717) is 6.54 Å². The molecule has 0 aromatic heterocycles. The molecule has 1 saturated carbocycles. The quantitative estimate of drug-likeness (QED) is 0.576. The van der Waals surface area contributed by atoms with Crippen molar-refractivity contribution in [1.82, 2.24) is 4.90 Å². The van der Waals surface area contributed by atoms with Crippen molar-refractivity contribution >= 4 is 0 Å². The van der Waals surface area contributed by atoms with Gasteiger partial charge in [-0.05, 0) is 14.1 Å². The summed E-state index contributed by atoms with van der Waals surface area (Å²) in [7, 11) is 3.64. The third-order valence-corrected chi connectivity index (χ3v) is 2.04. The van der Waals surface area contributed by atoms with E-state index in [1.807, 2.05) is 14.1 Å². The van der Waals surface area contributed by atoms with Crippen LogP contribution in [0.25, 0.3) is 0 Å². The predicted molar refractivity (Wildman–Crippen MR) is 36.2 cm³/mol. The van der Waals surface area contributed by atoms with Gasteiger partial charge in [-0.15, -0.1) is 0 Å². The maximum atomic E-state index is 12.5. The molecule has 0 heterocycles. The largest absolute Gasteiger partial charge is 0.309 e.